The van der Waals surface area contributed by atoms with Gasteiger partial charge in [-0.2, -0.15) is 0 Å². The Kier molecular flexibility index (Phi) is 7.18. The molecule has 0 saturated heterocycles. The molecule has 0 heterocycles. The first kappa shape index (κ1) is 20.1. The largest absolute Gasteiger partial charge is 0.330 e. The topological polar surface area (TPSA) is 38.0 Å². The summed E-state index contributed by atoms with van der Waals surface area (Å²) in [4.78, 5) is 0. The van der Waals surface area contributed by atoms with Crippen LogP contribution < -0.4 is 11.1 Å². The summed E-state index contributed by atoms with van der Waals surface area (Å²) < 4.78 is 0. The van der Waals surface area contributed by atoms with Gasteiger partial charge in [0.2, 0.25) is 0 Å². The van der Waals surface area contributed by atoms with Gasteiger partial charge in [0.15, 0.2) is 0 Å². The smallest absolute Gasteiger partial charge is 0.0141 e. The van der Waals surface area contributed by atoms with E-state index in [1.165, 1.54) is 33.4 Å². The molecule has 3 N–H and O–H groups in total. The zero-order valence-electron chi connectivity index (χ0n) is 16.9. The van der Waals surface area contributed by atoms with E-state index < -0.39 is 0 Å². The summed E-state index contributed by atoms with van der Waals surface area (Å²) in [6.45, 7) is 3.71. The zero-order valence-corrected chi connectivity index (χ0v) is 16.9. The van der Waals surface area contributed by atoms with E-state index in [-0.39, 0.29) is 0 Å². The molecule has 144 valence electrons. The van der Waals surface area contributed by atoms with Crippen molar-refractivity contribution in [3.63, 3.8) is 0 Å². The molecule has 0 radical (unpaired) electrons. The normalized spacial score (nSPS) is 17.2. The Morgan fingerprint density at radius 1 is 1.00 bits per heavy atom. The number of nitrogens with one attached hydrogen (secondary N) is 1. The van der Waals surface area contributed by atoms with Crippen LogP contribution in [0.3, 0.4) is 0 Å². The third kappa shape index (κ3) is 4.78. The summed E-state index contributed by atoms with van der Waals surface area (Å²) in [5.74, 6) is 0.324. The van der Waals surface area contributed by atoms with Crippen molar-refractivity contribution >= 4 is 11.1 Å². The fraction of sp³-hybridized carbons (Fsp3) is 0.231. The van der Waals surface area contributed by atoms with Gasteiger partial charge in [-0.15, -0.1) is 0 Å². The number of allylic oxidation sites excluding steroid dienone is 6. The van der Waals surface area contributed by atoms with Crippen LogP contribution in [0.5, 0.6) is 0 Å². The molecule has 0 amide bonds. The maximum absolute atomic E-state index is 6.03. The zero-order chi connectivity index (χ0) is 19.8. The Morgan fingerprint density at radius 2 is 1.64 bits per heavy atom. The van der Waals surface area contributed by atoms with Gasteiger partial charge < -0.3 is 11.1 Å². The van der Waals surface area contributed by atoms with E-state index in [0.29, 0.717) is 12.5 Å². The van der Waals surface area contributed by atoms with E-state index in [1.807, 2.05) is 7.05 Å². The van der Waals surface area contributed by atoms with Crippen molar-refractivity contribution in [2.24, 2.45) is 11.7 Å². The summed E-state index contributed by atoms with van der Waals surface area (Å²) >= 11 is 0. The third-order valence-electron chi connectivity index (χ3n) is 5.19. The number of hydrogen-bond donors (Lipinski definition) is 2. The number of hydrogen-bond acceptors (Lipinski definition) is 2. The average molecular weight is 371 g/mol. The van der Waals surface area contributed by atoms with E-state index >= 15 is 0 Å². The standard InChI is InChI=1S/C26H30N2/c1-20(19-27)26(23-11-7-4-8-12-23)24-15-13-22(14-16-24)25(17-18-28-2)21-9-5-3-6-10-21/h3-15,17,20,28H,16,18-19,27H2,1-2H3/b25-17-,26-24+. The van der Waals surface area contributed by atoms with Crippen LogP contribution in [0.15, 0.2) is 96.1 Å². The van der Waals surface area contributed by atoms with Crippen molar-refractivity contribution in [2.75, 3.05) is 20.1 Å². The molecule has 28 heavy (non-hydrogen) atoms. The van der Waals surface area contributed by atoms with Gasteiger partial charge in [-0.3, -0.25) is 0 Å². The highest BCUT2D eigenvalue weighted by Crippen LogP contribution is 2.34. The van der Waals surface area contributed by atoms with E-state index in [4.69, 9.17) is 5.73 Å². The Morgan fingerprint density at radius 3 is 2.18 bits per heavy atom. The molecule has 1 atom stereocenters. The van der Waals surface area contributed by atoms with Crippen molar-refractivity contribution < 1.29 is 0 Å². The Labute approximate surface area is 169 Å². The predicted octanol–water partition coefficient (Wildman–Crippen LogP) is 5.22. The molecule has 0 saturated carbocycles. The van der Waals surface area contributed by atoms with Crippen LogP contribution in [0.25, 0.3) is 11.1 Å². The fourth-order valence-electron chi connectivity index (χ4n) is 3.69. The summed E-state index contributed by atoms with van der Waals surface area (Å²) in [5, 5.41) is 3.23. The predicted molar refractivity (Wildman–Crippen MR) is 122 cm³/mol. The van der Waals surface area contributed by atoms with Crippen LogP contribution in [0.1, 0.15) is 24.5 Å². The van der Waals surface area contributed by atoms with E-state index in [2.05, 4.69) is 97.2 Å². The van der Waals surface area contributed by atoms with Crippen molar-refractivity contribution in [1.29, 1.82) is 0 Å². The van der Waals surface area contributed by atoms with Crippen LogP contribution in [0.4, 0.5) is 0 Å². The van der Waals surface area contributed by atoms with Gasteiger partial charge in [0.1, 0.15) is 0 Å². The average Bonchev–Trinajstić information content (AvgIpc) is 2.76. The van der Waals surface area contributed by atoms with Crippen LogP contribution >= 0.6 is 0 Å². The maximum atomic E-state index is 6.03. The summed E-state index contributed by atoms with van der Waals surface area (Å²) in [5.41, 5.74) is 13.8. The number of rotatable bonds is 7. The van der Waals surface area contributed by atoms with Gasteiger partial charge in [-0.1, -0.05) is 91.9 Å². The molecule has 0 spiro atoms. The number of nitrogens with two attached hydrogens (primary N) is 1. The molecule has 1 unspecified atom stereocenters. The first-order valence-electron chi connectivity index (χ1n) is 10.0. The van der Waals surface area contributed by atoms with Gasteiger partial charge in [0.25, 0.3) is 0 Å². The van der Waals surface area contributed by atoms with Gasteiger partial charge in [0.05, 0.1) is 0 Å². The fourth-order valence-corrected chi connectivity index (χ4v) is 3.69. The van der Waals surface area contributed by atoms with E-state index in [0.717, 1.165) is 13.0 Å². The molecule has 0 fully saturated rings. The van der Waals surface area contributed by atoms with Gasteiger partial charge >= 0.3 is 0 Å². The summed E-state index contributed by atoms with van der Waals surface area (Å²) in [6, 6.07) is 21.2. The monoisotopic (exact) mass is 370 g/mol. The molecule has 0 aromatic heterocycles. The van der Waals surface area contributed by atoms with Crippen molar-refractivity contribution in [2.45, 2.75) is 13.3 Å². The SMILES string of the molecule is CNC/C=C(\C1=CC/C(=C(/c2ccccc2)C(C)CN)C=C1)c1ccccc1. The molecular weight excluding hydrogens is 340 g/mol. The van der Waals surface area contributed by atoms with E-state index in [1.54, 1.807) is 0 Å². The number of benzene rings is 2. The summed E-state index contributed by atoms with van der Waals surface area (Å²) in [6.07, 6.45) is 10.1. The molecule has 1 aliphatic rings. The molecular formula is C26H30N2. The first-order chi connectivity index (χ1) is 13.7. The summed E-state index contributed by atoms with van der Waals surface area (Å²) in [7, 11) is 1.98. The number of likely N-dealkylation sites (N-methyl/N-ethyl adjacent to an activating group) is 1. The third-order valence-corrected chi connectivity index (χ3v) is 5.19. The molecule has 0 aliphatic heterocycles. The minimum atomic E-state index is 0.324. The second kappa shape index (κ2) is 10.0. The maximum Gasteiger partial charge on any atom is 0.0141 e. The lowest BCUT2D eigenvalue weighted by Gasteiger charge is -2.21. The first-order valence-corrected chi connectivity index (χ1v) is 10.0. The molecule has 2 heteroatoms. The quantitative estimate of drug-likeness (QED) is 0.701. The molecule has 2 aromatic carbocycles. The van der Waals surface area contributed by atoms with Crippen molar-refractivity contribution in [1.82, 2.24) is 5.32 Å². The molecule has 2 aromatic rings. The Bertz CT molecular complexity index is 887. The van der Waals surface area contributed by atoms with Crippen LogP contribution in [0, 0.1) is 5.92 Å². The van der Waals surface area contributed by atoms with Crippen LogP contribution in [-0.2, 0) is 0 Å². The Hall–Kier alpha value is -2.68. The minimum Gasteiger partial charge on any atom is -0.330 e. The lowest BCUT2D eigenvalue weighted by Crippen LogP contribution is -2.14. The molecule has 1 aliphatic carbocycles. The Balaban J connectivity index is 1.95. The lowest BCUT2D eigenvalue weighted by atomic mass is 9.84. The highest BCUT2D eigenvalue weighted by molar-refractivity contribution is 5.84. The molecule has 2 nitrogen and oxygen atoms in total. The molecule has 3 rings (SSSR count). The van der Waals surface area contributed by atoms with Crippen molar-refractivity contribution in [3.8, 4) is 0 Å². The second-order valence-electron chi connectivity index (χ2n) is 7.18. The van der Waals surface area contributed by atoms with Crippen molar-refractivity contribution in [3.05, 3.63) is 107 Å². The molecule has 0 bridgehead atoms. The van der Waals surface area contributed by atoms with Gasteiger partial charge in [0, 0.05) is 6.54 Å². The van der Waals surface area contributed by atoms with E-state index in [9.17, 15) is 0 Å². The second-order valence-corrected chi connectivity index (χ2v) is 7.18. The van der Waals surface area contributed by atoms with Gasteiger partial charge in [-0.25, -0.2) is 0 Å². The van der Waals surface area contributed by atoms with Crippen LogP contribution in [-0.4, -0.2) is 20.1 Å². The highest BCUT2D eigenvalue weighted by Gasteiger charge is 2.16. The van der Waals surface area contributed by atoms with Gasteiger partial charge in [-0.05, 0) is 59.4 Å². The van der Waals surface area contributed by atoms with Crippen LogP contribution in [0.2, 0.25) is 0 Å². The minimum absolute atomic E-state index is 0.324. The highest BCUT2D eigenvalue weighted by atomic mass is 14.8. The lowest BCUT2D eigenvalue weighted by molar-refractivity contribution is 0.754.